The van der Waals surface area contributed by atoms with E-state index in [-0.39, 0.29) is 22.6 Å². The number of hydrogen-bond acceptors (Lipinski definition) is 12. The van der Waals surface area contributed by atoms with Crippen molar-refractivity contribution in [1.82, 2.24) is 4.90 Å². The van der Waals surface area contributed by atoms with Crippen molar-refractivity contribution in [2.24, 2.45) is 17.6 Å². The van der Waals surface area contributed by atoms with E-state index >= 15 is 0 Å². The highest BCUT2D eigenvalue weighted by Gasteiger charge is 2.68. The number of methoxy groups -OCH3 is 1. The van der Waals surface area contributed by atoms with Crippen molar-refractivity contribution in [3.8, 4) is 17.2 Å². The summed E-state index contributed by atoms with van der Waals surface area (Å²) in [6.07, 6.45) is -2.71. The molecule has 232 valence electrons. The van der Waals surface area contributed by atoms with E-state index in [2.05, 4.69) is 5.32 Å². The Morgan fingerprint density at radius 1 is 1.02 bits per heavy atom. The topological polar surface area (TPSA) is 229 Å². The summed E-state index contributed by atoms with van der Waals surface area (Å²) in [5.74, 6) is -9.47. The van der Waals surface area contributed by atoms with Crippen molar-refractivity contribution < 1.29 is 54.2 Å². The van der Waals surface area contributed by atoms with E-state index in [9.17, 15) is 44.7 Å². The number of rotatable bonds is 5. The Morgan fingerprint density at radius 3 is 2.20 bits per heavy atom. The molecule has 8 N–H and O–H groups in total. The minimum Gasteiger partial charge on any atom is -0.508 e. The number of likely N-dealkylation sites (N-methyl/N-ethyl adjacent to an activating group) is 1. The van der Waals surface area contributed by atoms with Gasteiger partial charge in [-0.05, 0) is 55.9 Å². The normalized spacial score (nSPS) is 27.8. The van der Waals surface area contributed by atoms with Crippen LogP contribution in [-0.4, -0.2) is 93.0 Å². The number of benzene rings is 2. The van der Waals surface area contributed by atoms with E-state index in [1.807, 2.05) is 0 Å². The maximum absolute atomic E-state index is 14.1. The number of aromatic hydroxyl groups is 1. The summed E-state index contributed by atoms with van der Waals surface area (Å²) in [4.78, 5) is 53.4. The van der Waals surface area contributed by atoms with Crippen LogP contribution in [0.15, 0.2) is 53.3 Å². The second-order valence-electron chi connectivity index (χ2n) is 11.2. The van der Waals surface area contributed by atoms with Crippen LogP contribution in [0, 0.1) is 11.8 Å². The number of anilines is 1. The van der Waals surface area contributed by atoms with Gasteiger partial charge in [0.05, 0.1) is 36.4 Å². The van der Waals surface area contributed by atoms with Crippen molar-refractivity contribution >= 4 is 35.0 Å². The van der Waals surface area contributed by atoms with Gasteiger partial charge in [0.15, 0.2) is 11.4 Å². The lowest BCUT2D eigenvalue weighted by atomic mass is 9.54. The molecule has 0 aliphatic heterocycles. The Balaban J connectivity index is 1.60. The Hall–Kier alpha value is -4.92. The van der Waals surface area contributed by atoms with Crippen LogP contribution in [-0.2, 0) is 14.4 Å². The molecule has 1 saturated carbocycles. The van der Waals surface area contributed by atoms with Crippen molar-refractivity contribution in [3.05, 3.63) is 64.4 Å². The summed E-state index contributed by atoms with van der Waals surface area (Å²) >= 11 is 0. The quantitative estimate of drug-likeness (QED) is 0.187. The van der Waals surface area contributed by atoms with Crippen LogP contribution in [0.4, 0.5) is 10.5 Å². The molecule has 6 atom stereocenters. The number of aliphatic hydroxyl groups is 4. The van der Waals surface area contributed by atoms with Gasteiger partial charge in [0, 0.05) is 11.5 Å². The molecule has 14 heteroatoms. The first-order chi connectivity index (χ1) is 20.7. The van der Waals surface area contributed by atoms with Gasteiger partial charge in [0.1, 0.15) is 34.3 Å². The molecule has 0 aromatic heterocycles. The Bertz CT molecular complexity index is 1660. The third-order valence-electron chi connectivity index (χ3n) is 8.64. The second kappa shape index (κ2) is 10.7. The molecular weight excluding hydrogens is 578 g/mol. The SMILES string of the molecule is COc1ccc(OC(=O)Nc2ccc3c(c2O)C(O)=C2C(=O)[C@@]4(O)C(O)=C(C(N)=O)C(=O)[C@H](N(C)C)[C@H]4[C@H](O)[C@H]2[C@@H]3C)cc1. The van der Waals surface area contributed by atoms with E-state index in [0.29, 0.717) is 5.75 Å². The van der Waals surface area contributed by atoms with Crippen molar-refractivity contribution in [3.63, 3.8) is 0 Å². The summed E-state index contributed by atoms with van der Waals surface area (Å²) < 4.78 is 10.3. The lowest BCUT2D eigenvalue weighted by Gasteiger charge is -2.53. The first-order valence-corrected chi connectivity index (χ1v) is 13.5. The number of amides is 2. The molecule has 0 heterocycles. The van der Waals surface area contributed by atoms with Crippen LogP contribution in [0.3, 0.4) is 0 Å². The van der Waals surface area contributed by atoms with Gasteiger partial charge in [-0.3, -0.25) is 24.6 Å². The summed E-state index contributed by atoms with van der Waals surface area (Å²) in [6, 6.07) is 7.45. The summed E-state index contributed by atoms with van der Waals surface area (Å²) in [5, 5.41) is 59.4. The first kappa shape index (κ1) is 30.5. The van der Waals surface area contributed by atoms with Gasteiger partial charge in [-0.25, -0.2) is 4.79 Å². The molecule has 2 amide bonds. The molecule has 1 fully saturated rings. The maximum atomic E-state index is 14.1. The Kier molecular flexibility index (Phi) is 7.40. The molecule has 0 bridgehead atoms. The van der Waals surface area contributed by atoms with Crippen LogP contribution < -0.4 is 20.5 Å². The van der Waals surface area contributed by atoms with Crippen LogP contribution in [0.2, 0.25) is 0 Å². The molecule has 3 aliphatic rings. The molecule has 0 saturated heterocycles. The van der Waals surface area contributed by atoms with Crippen molar-refractivity contribution in [2.75, 3.05) is 26.5 Å². The third-order valence-corrected chi connectivity index (χ3v) is 8.64. The summed E-state index contributed by atoms with van der Waals surface area (Å²) in [6.45, 7) is 1.60. The molecule has 2 aromatic carbocycles. The molecular formula is C30H31N3O11. The first-order valence-electron chi connectivity index (χ1n) is 13.5. The number of carbonyl (C=O) groups is 4. The van der Waals surface area contributed by atoms with E-state index in [4.69, 9.17) is 15.2 Å². The average Bonchev–Trinajstić information content (AvgIpc) is 2.96. The second-order valence-corrected chi connectivity index (χ2v) is 11.2. The molecule has 2 aromatic rings. The van der Waals surface area contributed by atoms with Gasteiger partial charge in [-0.1, -0.05) is 13.0 Å². The number of nitrogens with two attached hydrogens (primary N) is 1. The fourth-order valence-corrected chi connectivity index (χ4v) is 6.60. The molecule has 0 unspecified atom stereocenters. The number of hydrogen-bond donors (Lipinski definition) is 7. The van der Waals surface area contributed by atoms with Gasteiger partial charge in [0.25, 0.3) is 5.91 Å². The van der Waals surface area contributed by atoms with Crippen LogP contribution in [0.5, 0.6) is 17.2 Å². The fourth-order valence-electron chi connectivity index (χ4n) is 6.60. The van der Waals surface area contributed by atoms with Crippen LogP contribution in [0.25, 0.3) is 5.76 Å². The number of carbonyl (C=O) groups excluding carboxylic acids is 4. The molecule has 44 heavy (non-hydrogen) atoms. The van der Waals surface area contributed by atoms with Gasteiger partial charge in [-0.2, -0.15) is 0 Å². The predicted molar refractivity (Wildman–Crippen MR) is 153 cm³/mol. The summed E-state index contributed by atoms with van der Waals surface area (Å²) in [5.41, 5.74) is 0.549. The molecule has 0 spiro atoms. The molecule has 14 nitrogen and oxygen atoms in total. The number of primary amides is 1. The largest absolute Gasteiger partial charge is 0.508 e. The number of ketones is 2. The number of Topliss-reactive ketones (excluding diaryl/α,β-unsaturated/α-hetero) is 2. The average molecular weight is 610 g/mol. The highest BCUT2D eigenvalue weighted by atomic mass is 16.6. The van der Waals surface area contributed by atoms with Crippen LogP contribution in [0.1, 0.15) is 24.0 Å². The number of ether oxygens (including phenoxy) is 2. The Labute approximate surface area is 250 Å². The van der Waals surface area contributed by atoms with Crippen LogP contribution >= 0.6 is 0 Å². The number of nitrogens with one attached hydrogen (secondary N) is 1. The highest BCUT2D eigenvalue weighted by molar-refractivity contribution is 6.24. The number of phenols is 1. The van der Waals surface area contributed by atoms with Gasteiger partial charge >= 0.3 is 6.09 Å². The zero-order valence-corrected chi connectivity index (χ0v) is 24.1. The van der Waals surface area contributed by atoms with Gasteiger partial charge in [-0.15, -0.1) is 0 Å². The molecule has 5 rings (SSSR count). The molecule has 3 aliphatic carbocycles. The van der Waals surface area contributed by atoms with E-state index in [1.54, 1.807) is 19.1 Å². The lowest BCUT2D eigenvalue weighted by molar-refractivity contribution is -0.169. The zero-order valence-electron chi connectivity index (χ0n) is 24.1. The fraction of sp³-hybridized carbons (Fsp3) is 0.333. The minimum atomic E-state index is -3.03. The molecule has 0 radical (unpaired) electrons. The standard InChI is InChI=1S/C30H31N3O11/c1-11-14-9-10-15(32-29(41)44-13-7-5-12(43-4)6-8-13)22(34)17(14)23(35)18-16(11)24(36)20-21(33(2)3)25(37)19(28(31)40)27(39)30(20,42)26(18)38/h5-11,16,20-21,24,34-36,39,42H,1-4H3,(H2,31,40)(H,32,41)/t11-,16+,20+,21-,24-,30-/m1/s1. The number of nitrogens with zero attached hydrogens (tertiary/aromatic N) is 1. The highest BCUT2D eigenvalue weighted by Crippen LogP contribution is 2.56. The lowest BCUT2D eigenvalue weighted by Crippen LogP contribution is -2.70. The monoisotopic (exact) mass is 609 g/mol. The smallest absolute Gasteiger partial charge is 0.417 e. The number of aliphatic hydroxyl groups excluding tert-OH is 3. The maximum Gasteiger partial charge on any atom is 0.417 e. The number of phenolic OH excluding ortho intramolecular Hbond substituents is 1. The van der Waals surface area contributed by atoms with E-state index in [1.165, 1.54) is 50.4 Å². The van der Waals surface area contributed by atoms with E-state index in [0.717, 1.165) is 0 Å². The van der Waals surface area contributed by atoms with Gasteiger partial charge < -0.3 is 40.7 Å². The van der Waals surface area contributed by atoms with Gasteiger partial charge in [0.2, 0.25) is 5.78 Å². The summed E-state index contributed by atoms with van der Waals surface area (Å²) in [7, 11) is 4.33. The minimum absolute atomic E-state index is 0.164. The van der Waals surface area contributed by atoms with E-state index < -0.39 is 87.5 Å². The predicted octanol–water partition coefficient (Wildman–Crippen LogP) is 1.12. The van der Waals surface area contributed by atoms with Crippen molar-refractivity contribution in [2.45, 2.75) is 30.6 Å². The Morgan fingerprint density at radius 2 is 1.64 bits per heavy atom. The van der Waals surface area contributed by atoms with Crippen molar-refractivity contribution in [1.29, 1.82) is 0 Å². The third kappa shape index (κ3) is 4.29. The zero-order chi connectivity index (χ0) is 32.4. The number of fused-ring (bicyclic) bond motifs is 3.